The number of nitro benzene ring substituents is 1. The van der Waals surface area contributed by atoms with Gasteiger partial charge in [0.2, 0.25) is 0 Å². The van der Waals surface area contributed by atoms with Gasteiger partial charge in [-0.3, -0.25) is 14.9 Å². The number of aryl methyl sites for hydroxylation is 2. The predicted octanol–water partition coefficient (Wildman–Crippen LogP) is 5.16. The summed E-state index contributed by atoms with van der Waals surface area (Å²) in [7, 11) is 0. The van der Waals surface area contributed by atoms with Crippen molar-refractivity contribution < 1.29 is 9.72 Å². The molecular weight excluding hydrogens is 424 g/mol. The molecule has 0 aliphatic carbocycles. The van der Waals surface area contributed by atoms with Gasteiger partial charge in [0, 0.05) is 34.9 Å². The smallest absolute Gasteiger partial charge is 0.269 e. The maximum Gasteiger partial charge on any atom is 0.269 e. The van der Waals surface area contributed by atoms with Crippen LogP contribution in [0.15, 0.2) is 59.5 Å². The number of hydrogen-bond donors (Lipinski definition) is 2. The van der Waals surface area contributed by atoms with Crippen molar-refractivity contribution in [1.82, 2.24) is 9.88 Å². The fraction of sp³-hybridized carbons (Fsp3) is 0.208. The molecule has 2 heterocycles. The summed E-state index contributed by atoms with van der Waals surface area (Å²) in [5.74, 6) is -0.113. The molecule has 164 valence electrons. The number of thioether (sulfide) groups is 1. The Kier molecular flexibility index (Phi) is 6.05. The molecule has 0 bridgehead atoms. The first-order valence-electron chi connectivity index (χ1n) is 10.3. The van der Waals surface area contributed by atoms with Gasteiger partial charge in [0.15, 0.2) is 5.50 Å². The van der Waals surface area contributed by atoms with Gasteiger partial charge in [-0.2, -0.15) is 0 Å². The zero-order valence-electron chi connectivity index (χ0n) is 18.1. The van der Waals surface area contributed by atoms with Crippen molar-refractivity contribution in [3.8, 4) is 5.69 Å². The molecule has 1 amide bonds. The molecule has 0 saturated carbocycles. The standard InChI is InChI=1S/C24H24N4O3S/c1-4-17-5-7-19(8-6-17)25-24-26-23(29)22(32-24)14-18-13-15(2)27(16(18)3)20-9-11-21(12-10-20)28(30)31/h5-14,24-25H,4H2,1-3H3,(H,26,29)/b22-14+/t24-/m0/s1. The van der Waals surface area contributed by atoms with Crippen molar-refractivity contribution in [3.05, 3.63) is 92.1 Å². The van der Waals surface area contributed by atoms with E-state index in [0.29, 0.717) is 4.91 Å². The van der Waals surface area contributed by atoms with Gasteiger partial charge in [-0.1, -0.05) is 30.8 Å². The fourth-order valence-electron chi connectivity index (χ4n) is 3.75. The number of nitrogens with one attached hydrogen (secondary N) is 2. The third-order valence-corrected chi connectivity index (χ3v) is 6.49. The molecule has 1 aromatic heterocycles. The maximum absolute atomic E-state index is 12.5. The van der Waals surface area contributed by atoms with E-state index >= 15 is 0 Å². The van der Waals surface area contributed by atoms with Gasteiger partial charge in [-0.25, -0.2) is 0 Å². The summed E-state index contributed by atoms with van der Waals surface area (Å²) in [6, 6.07) is 16.7. The van der Waals surface area contributed by atoms with Gasteiger partial charge in [-0.15, -0.1) is 0 Å². The molecule has 2 aromatic carbocycles. The van der Waals surface area contributed by atoms with Gasteiger partial charge in [-0.05, 0) is 67.8 Å². The molecule has 0 radical (unpaired) electrons. The van der Waals surface area contributed by atoms with Crippen molar-refractivity contribution in [3.63, 3.8) is 0 Å². The first kappa shape index (κ1) is 21.7. The number of nitrogens with zero attached hydrogens (tertiary/aromatic N) is 2. The lowest BCUT2D eigenvalue weighted by Crippen LogP contribution is -2.30. The fourth-order valence-corrected chi connectivity index (χ4v) is 4.72. The predicted molar refractivity (Wildman–Crippen MR) is 129 cm³/mol. The minimum Gasteiger partial charge on any atom is -0.357 e. The number of anilines is 1. The monoisotopic (exact) mass is 448 g/mol. The Labute approximate surface area is 190 Å². The Balaban J connectivity index is 1.54. The van der Waals surface area contributed by atoms with Gasteiger partial charge >= 0.3 is 0 Å². The van der Waals surface area contributed by atoms with Crippen LogP contribution in [-0.2, 0) is 11.2 Å². The molecule has 0 unspecified atom stereocenters. The van der Waals surface area contributed by atoms with Crippen LogP contribution in [0.2, 0.25) is 0 Å². The van der Waals surface area contributed by atoms with Crippen LogP contribution < -0.4 is 10.6 Å². The van der Waals surface area contributed by atoms with Gasteiger partial charge in [0.1, 0.15) is 0 Å². The Morgan fingerprint density at radius 1 is 1.16 bits per heavy atom. The number of nitro groups is 1. The van der Waals surface area contributed by atoms with Crippen molar-refractivity contribution in [2.45, 2.75) is 32.7 Å². The Morgan fingerprint density at radius 2 is 1.84 bits per heavy atom. The molecule has 3 aromatic rings. The highest BCUT2D eigenvalue weighted by Gasteiger charge is 2.27. The van der Waals surface area contributed by atoms with E-state index < -0.39 is 4.92 Å². The highest BCUT2D eigenvalue weighted by Crippen LogP contribution is 2.32. The first-order valence-corrected chi connectivity index (χ1v) is 11.2. The van der Waals surface area contributed by atoms with Crippen LogP contribution in [0.1, 0.15) is 29.4 Å². The van der Waals surface area contributed by atoms with Crippen LogP contribution in [0.25, 0.3) is 11.8 Å². The Bertz CT molecular complexity index is 1200. The summed E-state index contributed by atoms with van der Waals surface area (Å²) in [5.41, 5.74) is 5.77. The number of non-ortho nitro benzene ring substituents is 1. The van der Waals surface area contributed by atoms with Crippen LogP contribution in [0.3, 0.4) is 0 Å². The zero-order chi connectivity index (χ0) is 22.8. The van der Waals surface area contributed by atoms with Crippen LogP contribution in [0.5, 0.6) is 0 Å². The van der Waals surface area contributed by atoms with E-state index in [1.807, 2.05) is 42.7 Å². The summed E-state index contributed by atoms with van der Waals surface area (Å²) in [4.78, 5) is 23.7. The summed E-state index contributed by atoms with van der Waals surface area (Å²) in [6.07, 6.45) is 2.88. The van der Waals surface area contributed by atoms with Crippen LogP contribution in [0, 0.1) is 24.0 Å². The number of carbonyl (C=O) groups is 1. The second kappa shape index (κ2) is 8.92. The SMILES string of the molecule is CCc1ccc(N[C@H]2NC(=O)/C(=C\c3cc(C)n(-c4ccc([N+](=O)[O-])cc4)c3C)S2)cc1. The largest absolute Gasteiger partial charge is 0.357 e. The number of amides is 1. The molecule has 4 rings (SSSR count). The van der Waals surface area contributed by atoms with E-state index in [-0.39, 0.29) is 17.1 Å². The minimum absolute atomic E-state index is 0.0560. The quantitative estimate of drug-likeness (QED) is 0.309. The highest BCUT2D eigenvalue weighted by atomic mass is 32.2. The average Bonchev–Trinajstić information content (AvgIpc) is 3.26. The number of hydrogen-bond acceptors (Lipinski definition) is 5. The van der Waals surface area contributed by atoms with Crippen LogP contribution in [0.4, 0.5) is 11.4 Å². The molecule has 7 nitrogen and oxygen atoms in total. The number of carbonyl (C=O) groups excluding carboxylic acids is 1. The first-order chi connectivity index (χ1) is 15.4. The lowest BCUT2D eigenvalue weighted by molar-refractivity contribution is -0.384. The van der Waals surface area contributed by atoms with E-state index in [1.165, 1.54) is 29.5 Å². The van der Waals surface area contributed by atoms with Crippen molar-refractivity contribution in [2.75, 3.05) is 5.32 Å². The van der Waals surface area contributed by atoms with Crippen molar-refractivity contribution >= 4 is 35.1 Å². The highest BCUT2D eigenvalue weighted by molar-refractivity contribution is 8.05. The molecule has 1 saturated heterocycles. The van der Waals surface area contributed by atoms with Gasteiger partial charge < -0.3 is 15.2 Å². The maximum atomic E-state index is 12.5. The van der Waals surface area contributed by atoms with E-state index in [0.717, 1.165) is 34.7 Å². The zero-order valence-corrected chi connectivity index (χ0v) is 18.9. The van der Waals surface area contributed by atoms with Crippen molar-refractivity contribution in [2.24, 2.45) is 0 Å². The van der Waals surface area contributed by atoms with Crippen molar-refractivity contribution in [1.29, 1.82) is 0 Å². The van der Waals surface area contributed by atoms with Crippen LogP contribution in [-0.4, -0.2) is 20.9 Å². The second-order valence-corrected chi connectivity index (χ2v) is 8.76. The summed E-state index contributed by atoms with van der Waals surface area (Å²) < 4.78 is 2.03. The lowest BCUT2D eigenvalue weighted by atomic mass is 10.1. The normalized spacial score (nSPS) is 16.9. The Morgan fingerprint density at radius 3 is 2.47 bits per heavy atom. The summed E-state index contributed by atoms with van der Waals surface area (Å²) in [6.45, 7) is 6.07. The topological polar surface area (TPSA) is 89.2 Å². The van der Waals surface area contributed by atoms with E-state index in [4.69, 9.17) is 0 Å². The van der Waals surface area contributed by atoms with E-state index in [2.05, 4.69) is 29.7 Å². The number of aromatic nitrogens is 1. The molecule has 1 aliphatic heterocycles. The minimum atomic E-state index is -0.409. The van der Waals surface area contributed by atoms with Gasteiger partial charge in [0.25, 0.3) is 11.6 Å². The molecule has 8 heteroatoms. The third-order valence-electron chi connectivity index (χ3n) is 5.47. The summed E-state index contributed by atoms with van der Waals surface area (Å²) >= 11 is 1.45. The summed E-state index contributed by atoms with van der Waals surface area (Å²) in [5, 5.41) is 17.2. The molecule has 1 fully saturated rings. The molecule has 0 spiro atoms. The second-order valence-electron chi connectivity index (χ2n) is 7.61. The van der Waals surface area contributed by atoms with Crippen LogP contribution >= 0.6 is 11.8 Å². The molecule has 32 heavy (non-hydrogen) atoms. The average molecular weight is 449 g/mol. The molecular formula is C24H24N4O3S. The Hall–Kier alpha value is -3.52. The number of rotatable bonds is 6. The van der Waals surface area contributed by atoms with E-state index in [1.54, 1.807) is 12.1 Å². The third kappa shape index (κ3) is 4.40. The van der Waals surface area contributed by atoms with E-state index in [9.17, 15) is 14.9 Å². The molecule has 2 N–H and O–H groups in total. The lowest BCUT2D eigenvalue weighted by Gasteiger charge is -2.12. The van der Waals surface area contributed by atoms with Gasteiger partial charge in [0.05, 0.1) is 9.83 Å². The number of benzene rings is 2. The molecule has 1 atom stereocenters. The molecule has 1 aliphatic rings.